The Kier molecular flexibility index (Phi) is 2.59. The Morgan fingerprint density at radius 1 is 1.12 bits per heavy atom. The average molecular weight is 227 g/mol. The molecule has 0 spiro atoms. The SMILES string of the molecule is Cc1ccc(-n2ccnc2)c(N2CCCC2)c1. The molecule has 0 radical (unpaired) electrons. The van der Waals surface area contributed by atoms with Gasteiger partial charge in [-0.15, -0.1) is 0 Å². The Balaban J connectivity index is 2.07. The molecule has 1 fully saturated rings. The van der Waals surface area contributed by atoms with Crippen LogP contribution in [0.5, 0.6) is 0 Å². The van der Waals surface area contributed by atoms with E-state index in [0.29, 0.717) is 0 Å². The number of hydrogen-bond donors (Lipinski definition) is 0. The topological polar surface area (TPSA) is 21.1 Å². The predicted octanol–water partition coefficient (Wildman–Crippen LogP) is 2.78. The molecule has 17 heavy (non-hydrogen) atoms. The van der Waals surface area contributed by atoms with Crippen LogP contribution < -0.4 is 4.90 Å². The summed E-state index contributed by atoms with van der Waals surface area (Å²) in [5, 5.41) is 0. The normalized spacial score (nSPS) is 15.5. The van der Waals surface area contributed by atoms with Crippen molar-refractivity contribution in [2.75, 3.05) is 18.0 Å². The third-order valence-electron chi connectivity index (χ3n) is 3.36. The smallest absolute Gasteiger partial charge is 0.0992 e. The Bertz CT molecular complexity index is 496. The largest absolute Gasteiger partial charge is 0.370 e. The highest BCUT2D eigenvalue weighted by molar-refractivity contribution is 5.64. The van der Waals surface area contributed by atoms with E-state index in [4.69, 9.17) is 0 Å². The van der Waals surface area contributed by atoms with Gasteiger partial charge in [-0.1, -0.05) is 6.07 Å². The van der Waals surface area contributed by atoms with Crippen LogP contribution >= 0.6 is 0 Å². The lowest BCUT2D eigenvalue weighted by atomic mass is 10.1. The molecule has 1 aliphatic rings. The van der Waals surface area contributed by atoms with E-state index in [1.807, 2.05) is 18.7 Å². The van der Waals surface area contributed by atoms with Crippen molar-refractivity contribution in [2.24, 2.45) is 0 Å². The summed E-state index contributed by atoms with van der Waals surface area (Å²) in [5.41, 5.74) is 3.88. The molecule has 1 aromatic heterocycles. The molecule has 1 saturated heterocycles. The zero-order valence-corrected chi connectivity index (χ0v) is 10.1. The highest BCUT2D eigenvalue weighted by Gasteiger charge is 2.16. The van der Waals surface area contributed by atoms with Gasteiger partial charge in [0.05, 0.1) is 17.7 Å². The van der Waals surface area contributed by atoms with Crippen LogP contribution in [-0.2, 0) is 0 Å². The number of anilines is 1. The van der Waals surface area contributed by atoms with Crippen molar-refractivity contribution < 1.29 is 0 Å². The Hall–Kier alpha value is -1.77. The molecule has 88 valence electrons. The van der Waals surface area contributed by atoms with Crippen LogP contribution in [0.2, 0.25) is 0 Å². The van der Waals surface area contributed by atoms with Crippen LogP contribution in [-0.4, -0.2) is 22.6 Å². The van der Waals surface area contributed by atoms with E-state index in [0.717, 1.165) is 0 Å². The molecule has 2 heterocycles. The maximum Gasteiger partial charge on any atom is 0.0992 e. The minimum atomic E-state index is 1.17. The molecule has 1 aliphatic heterocycles. The average Bonchev–Trinajstić information content (AvgIpc) is 3.02. The van der Waals surface area contributed by atoms with Crippen molar-refractivity contribution in [1.29, 1.82) is 0 Å². The lowest BCUT2D eigenvalue weighted by Crippen LogP contribution is -2.19. The van der Waals surface area contributed by atoms with E-state index in [1.165, 1.54) is 42.9 Å². The predicted molar refractivity (Wildman–Crippen MR) is 69.7 cm³/mol. The first-order valence-electron chi connectivity index (χ1n) is 6.18. The molecule has 0 atom stereocenters. The van der Waals surface area contributed by atoms with Gasteiger partial charge in [0.2, 0.25) is 0 Å². The van der Waals surface area contributed by atoms with E-state index < -0.39 is 0 Å². The number of hydrogen-bond acceptors (Lipinski definition) is 2. The molecule has 0 amide bonds. The van der Waals surface area contributed by atoms with Gasteiger partial charge >= 0.3 is 0 Å². The minimum absolute atomic E-state index is 1.17. The number of nitrogens with zero attached hydrogens (tertiary/aromatic N) is 3. The van der Waals surface area contributed by atoms with Crippen LogP contribution in [0.1, 0.15) is 18.4 Å². The molecule has 0 N–H and O–H groups in total. The molecule has 3 rings (SSSR count). The molecular weight excluding hydrogens is 210 g/mol. The van der Waals surface area contributed by atoms with Crippen LogP contribution in [0, 0.1) is 6.92 Å². The fourth-order valence-electron chi connectivity index (χ4n) is 2.46. The lowest BCUT2D eigenvalue weighted by molar-refractivity contribution is 0.942. The molecule has 0 unspecified atom stereocenters. The second kappa shape index (κ2) is 4.24. The summed E-state index contributed by atoms with van der Waals surface area (Å²) in [6.45, 7) is 4.49. The highest BCUT2D eigenvalue weighted by atomic mass is 15.2. The van der Waals surface area contributed by atoms with Crippen LogP contribution in [0.4, 0.5) is 5.69 Å². The first kappa shape index (κ1) is 10.4. The van der Waals surface area contributed by atoms with Gasteiger partial charge in [-0.3, -0.25) is 0 Å². The van der Waals surface area contributed by atoms with Gasteiger partial charge in [-0.25, -0.2) is 4.98 Å². The van der Waals surface area contributed by atoms with Crippen molar-refractivity contribution in [3.8, 4) is 5.69 Å². The van der Waals surface area contributed by atoms with Crippen molar-refractivity contribution in [2.45, 2.75) is 19.8 Å². The van der Waals surface area contributed by atoms with E-state index in [9.17, 15) is 0 Å². The van der Waals surface area contributed by atoms with E-state index in [2.05, 4.69) is 39.6 Å². The van der Waals surface area contributed by atoms with E-state index in [1.54, 1.807) is 0 Å². The fourth-order valence-corrected chi connectivity index (χ4v) is 2.46. The molecule has 0 saturated carbocycles. The highest BCUT2D eigenvalue weighted by Crippen LogP contribution is 2.28. The molecule has 2 aromatic rings. The second-order valence-electron chi connectivity index (χ2n) is 4.66. The fraction of sp³-hybridized carbons (Fsp3) is 0.357. The number of imidazole rings is 1. The molecule has 3 heteroatoms. The summed E-state index contributed by atoms with van der Waals surface area (Å²) in [4.78, 5) is 6.61. The van der Waals surface area contributed by atoms with Crippen molar-refractivity contribution >= 4 is 5.69 Å². The Morgan fingerprint density at radius 3 is 2.65 bits per heavy atom. The Morgan fingerprint density at radius 2 is 1.94 bits per heavy atom. The first-order valence-corrected chi connectivity index (χ1v) is 6.18. The van der Waals surface area contributed by atoms with Gasteiger partial charge in [-0.05, 0) is 37.5 Å². The molecule has 0 bridgehead atoms. The van der Waals surface area contributed by atoms with Gasteiger partial charge in [0, 0.05) is 25.5 Å². The van der Waals surface area contributed by atoms with E-state index >= 15 is 0 Å². The van der Waals surface area contributed by atoms with Crippen LogP contribution in [0.3, 0.4) is 0 Å². The zero-order valence-electron chi connectivity index (χ0n) is 10.1. The summed E-state index contributed by atoms with van der Waals surface area (Å²) >= 11 is 0. The summed E-state index contributed by atoms with van der Waals surface area (Å²) in [5.74, 6) is 0. The minimum Gasteiger partial charge on any atom is -0.370 e. The zero-order chi connectivity index (χ0) is 11.7. The summed E-state index contributed by atoms with van der Waals surface area (Å²) < 4.78 is 2.09. The second-order valence-corrected chi connectivity index (χ2v) is 4.66. The first-order chi connectivity index (χ1) is 8.34. The van der Waals surface area contributed by atoms with Gasteiger partial charge < -0.3 is 9.47 Å². The van der Waals surface area contributed by atoms with Gasteiger partial charge in [-0.2, -0.15) is 0 Å². The number of benzene rings is 1. The van der Waals surface area contributed by atoms with Crippen LogP contribution in [0.15, 0.2) is 36.9 Å². The number of rotatable bonds is 2. The number of aryl methyl sites for hydroxylation is 1. The molecule has 3 nitrogen and oxygen atoms in total. The van der Waals surface area contributed by atoms with Crippen LogP contribution in [0.25, 0.3) is 5.69 Å². The van der Waals surface area contributed by atoms with Gasteiger partial charge in [0.25, 0.3) is 0 Å². The van der Waals surface area contributed by atoms with Gasteiger partial charge in [0.15, 0.2) is 0 Å². The third-order valence-corrected chi connectivity index (χ3v) is 3.36. The maximum atomic E-state index is 4.13. The van der Waals surface area contributed by atoms with Crippen molar-refractivity contribution in [3.63, 3.8) is 0 Å². The quantitative estimate of drug-likeness (QED) is 0.786. The van der Waals surface area contributed by atoms with Crippen molar-refractivity contribution in [1.82, 2.24) is 9.55 Å². The maximum absolute atomic E-state index is 4.13. The van der Waals surface area contributed by atoms with Gasteiger partial charge in [0.1, 0.15) is 0 Å². The van der Waals surface area contributed by atoms with E-state index in [-0.39, 0.29) is 0 Å². The lowest BCUT2D eigenvalue weighted by Gasteiger charge is -2.22. The monoisotopic (exact) mass is 227 g/mol. The Labute approximate surface area is 102 Å². The standard InChI is InChI=1S/C14H17N3/c1-12-4-5-13(17-9-6-15-11-17)14(10-12)16-7-2-3-8-16/h4-6,9-11H,2-3,7-8H2,1H3. The third kappa shape index (κ3) is 1.93. The molecular formula is C14H17N3. The van der Waals surface area contributed by atoms with Crippen molar-refractivity contribution in [3.05, 3.63) is 42.5 Å². The molecule has 1 aromatic carbocycles. The number of aromatic nitrogens is 2. The molecule has 0 aliphatic carbocycles. The summed E-state index contributed by atoms with van der Waals surface area (Å²) in [6.07, 6.45) is 8.30. The summed E-state index contributed by atoms with van der Waals surface area (Å²) in [6, 6.07) is 6.63. The summed E-state index contributed by atoms with van der Waals surface area (Å²) in [7, 11) is 0.